The molecule has 3 rings (SSSR count). The molecule has 0 bridgehead atoms. The zero-order valence-corrected chi connectivity index (χ0v) is 12.2. The Balaban J connectivity index is 2.00. The average molecular weight is 283 g/mol. The SMILES string of the molecule is CCNC(Cc1cncs1)c1cccc2ncccc12. The van der Waals surface area contributed by atoms with Crippen LogP contribution in [0.4, 0.5) is 0 Å². The number of benzene rings is 1. The summed E-state index contributed by atoms with van der Waals surface area (Å²) in [5.74, 6) is 0. The number of thiazole rings is 1. The first-order chi connectivity index (χ1) is 9.88. The Kier molecular flexibility index (Phi) is 4.04. The van der Waals surface area contributed by atoms with Gasteiger partial charge in [-0.25, -0.2) is 0 Å². The summed E-state index contributed by atoms with van der Waals surface area (Å²) < 4.78 is 0. The minimum absolute atomic E-state index is 0.299. The van der Waals surface area contributed by atoms with E-state index < -0.39 is 0 Å². The van der Waals surface area contributed by atoms with Crippen LogP contribution in [0.25, 0.3) is 10.9 Å². The van der Waals surface area contributed by atoms with Crippen molar-refractivity contribution in [1.29, 1.82) is 0 Å². The van der Waals surface area contributed by atoms with Crippen LogP contribution in [-0.2, 0) is 6.42 Å². The summed E-state index contributed by atoms with van der Waals surface area (Å²) in [6.45, 7) is 3.09. The predicted octanol–water partition coefficient (Wildman–Crippen LogP) is 3.58. The molecule has 0 amide bonds. The molecule has 2 aromatic heterocycles. The Labute approximate surface area is 122 Å². The van der Waals surface area contributed by atoms with E-state index in [4.69, 9.17) is 0 Å². The van der Waals surface area contributed by atoms with Gasteiger partial charge in [-0.05, 0) is 24.2 Å². The molecule has 1 N–H and O–H groups in total. The van der Waals surface area contributed by atoms with Crippen molar-refractivity contribution in [3.05, 3.63) is 58.7 Å². The highest BCUT2D eigenvalue weighted by molar-refractivity contribution is 7.09. The molecule has 1 aromatic carbocycles. The number of hydrogen-bond donors (Lipinski definition) is 1. The average Bonchev–Trinajstić information content (AvgIpc) is 2.99. The van der Waals surface area contributed by atoms with Crippen LogP contribution in [0.15, 0.2) is 48.2 Å². The third-order valence-corrected chi connectivity index (χ3v) is 4.20. The molecular formula is C16H17N3S. The Morgan fingerprint density at radius 3 is 3.00 bits per heavy atom. The van der Waals surface area contributed by atoms with Crippen molar-refractivity contribution in [2.75, 3.05) is 6.54 Å². The van der Waals surface area contributed by atoms with Gasteiger partial charge in [-0.2, -0.15) is 0 Å². The molecule has 0 aliphatic rings. The summed E-state index contributed by atoms with van der Waals surface area (Å²) in [5.41, 5.74) is 4.26. The van der Waals surface area contributed by atoms with Gasteiger partial charge < -0.3 is 5.32 Å². The first-order valence-corrected chi connectivity index (χ1v) is 7.71. The van der Waals surface area contributed by atoms with E-state index in [9.17, 15) is 0 Å². The molecule has 1 atom stereocenters. The van der Waals surface area contributed by atoms with Crippen LogP contribution in [0.3, 0.4) is 0 Å². The number of rotatable bonds is 5. The minimum Gasteiger partial charge on any atom is -0.310 e. The van der Waals surface area contributed by atoms with Gasteiger partial charge in [0, 0.05) is 35.1 Å². The van der Waals surface area contributed by atoms with Crippen LogP contribution in [-0.4, -0.2) is 16.5 Å². The van der Waals surface area contributed by atoms with Crippen LogP contribution in [0.2, 0.25) is 0 Å². The van der Waals surface area contributed by atoms with Crippen LogP contribution in [0.1, 0.15) is 23.4 Å². The molecule has 3 aromatic rings. The maximum atomic E-state index is 4.44. The number of pyridine rings is 1. The molecule has 20 heavy (non-hydrogen) atoms. The van der Waals surface area contributed by atoms with Crippen LogP contribution < -0.4 is 5.32 Å². The van der Waals surface area contributed by atoms with Crippen LogP contribution in [0.5, 0.6) is 0 Å². The quantitative estimate of drug-likeness (QED) is 0.777. The van der Waals surface area contributed by atoms with Gasteiger partial charge in [-0.1, -0.05) is 25.1 Å². The lowest BCUT2D eigenvalue weighted by Gasteiger charge is -2.19. The van der Waals surface area contributed by atoms with E-state index >= 15 is 0 Å². The van der Waals surface area contributed by atoms with Crippen molar-refractivity contribution in [2.45, 2.75) is 19.4 Å². The van der Waals surface area contributed by atoms with E-state index in [1.165, 1.54) is 15.8 Å². The van der Waals surface area contributed by atoms with Gasteiger partial charge in [-0.3, -0.25) is 9.97 Å². The zero-order valence-electron chi connectivity index (χ0n) is 11.4. The van der Waals surface area contributed by atoms with Crippen LogP contribution >= 0.6 is 11.3 Å². The van der Waals surface area contributed by atoms with E-state index in [1.807, 2.05) is 24.0 Å². The largest absolute Gasteiger partial charge is 0.310 e. The summed E-state index contributed by atoms with van der Waals surface area (Å²) in [7, 11) is 0. The fraction of sp³-hybridized carbons (Fsp3) is 0.250. The van der Waals surface area contributed by atoms with Crippen molar-refractivity contribution >= 4 is 22.2 Å². The van der Waals surface area contributed by atoms with Gasteiger partial charge >= 0.3 is 0 Å². The monoisotopic (exact) mass is 283 g/mol. The van der Waals surface area contributed by atoms with Gasteiger partial charge in [0.15, 0.2) is 0 Å². The van der Waals surface area contributed by atoms with E-state index in [-0.39, 0.29) is 0 Å². The Hall–Kier alpha value is -1.78. The van der Waals surface area contributed by atoms with Gasteiger partial charge in [0.2, 0.25) is 0 Å². The molecule has 1 unspecified atom stereocenters. The second-order valence-electron chi connectivity index (χ2n) is 4.70. The van der Waals surface area contributed by atoms with Crippen molar-refractivity contribution in [1.82, 2.24) is 15.3 Å². The summed E-state index contributed by atoms with van der Waals surface area (Å²) in [6.07, 6.45) is 4.77. The molecule has 2 heterocycles. The number of fused-ring (bicyclic) bond motifs is 1. The summed E-state index contributed by atoms with van der Waals surface area (Å²) >= 11 is 1.71. The number of nitrogens with one attached hydrogen (secondary N) is 1. The first kappa shape index (κ1) is 13.2. The lowest BCUT2D eigenvalue weighted by atomic mass is 9.98. The second kappa shape index (κ2) is 6.11. The zero-order chi connectivity index (χ0) is 13.8. The summed E-state index contributed by atoms with van der Waals surface area (Å²) in [5, 5.41) is 4.81. The molecule has 0 fully saturated rings. The fourth-order valence-electron chi connectivity index (χ4n) is 2.51. The van der Waals surface area contributed by atoms with Crippen molar-refractivity contribution in [3.63, 3.8) is 0 Å². The molecule has 102 valence electrons. The van der Waals surface area contributed by atoms with E-state index in [0.29, 0.717) is 6.04 Å². The number of likely N-dealkylation sites (N-methyl/N-ethyl adjacent to an activating group) is 1. The summed E-state index contributed by atoms with van der Waals surface area (Å²) in [6, 6.07) is 10.8. The van der Waals surface area contributed by atoms with Gasteiger partial charge in [0.05, 0.1) is 11.0 Å². The molecule has 0 aliphatic carbocycles. The standard InChI is InChI=1S/C16H17N3S/c1-2-18-16(9-12-10-17-11-20-12)14-5-3-7-15-13(14)6-4-8-19-15/h3-8,10-11,16,18H,2,9H2,1H3. The molecule has 4 heteroatoms. The Bertz CT molecular complexity index is 674. The maximum absolute atomic E-state index is 4.44. The topological polar surface area (TPSA) is 37.8 Å². The van der Waals surface area contributed by atoms with Crippen LogP contribution in [0, 0.1) is 0 Å². The smallest absolute Gasteiger partial charge is 0.0794 e. The van der Waals surface area contributed by atoms with Gasteiger partial charge in [-0.15, -0.1) is 11.3 Å². The van der Waals surface area contributed by atoms with Crippen molar-refractivity contribution < 1.29 is 0 Å². The van der Waals surface area contributed by atoms with Crippen molar-refractivity contribution in [2.24, 2.45) is 0 Å². The third-order valence-electron chi connectivity index (χ3n) is 3.39. The Morgan fingerprint density at radius 2 is 2.20 bits per heavy atom. The lowest BCUT2D eigenvalue weighted by molar-refractivity contribution is 0.556. The Morgan fingerprint density at radius 1 is 1.25 bits per heavy atom. The van der Waals surface area contributed by atoms with E-state index in [1.54, 1.807) is 11.3 Å². The molecule has 0 saturated carbocycles. The molecule has 0 radical (unpaired) electrons. The molecule has 0 saturated heterocycles. The predicted molar refractivity (Wildman–Crippen MR) is 84.0 cm³/mol. The molecule has 3 nitrogen and oxygen atoms in total. The highest BCUT2D eigenvalue weighted by Crippen LogP contribution is 2.26. The summed E-state index contributed by atoms with van der Waals surface area (Å²) in [4.78, 5) is 9.92. The number of hydrogen-bond acceptors (Lipinski definition) is 4. The minimum atomic E-state index is 0.299. The highest BCUT2D eigenvalue weighted by atomic mass is 32.1. The van der Waals surface area contributed by atoms with E-state index in [0.717, 1.165) is 18.5 Å². The van der Waals surface area contributed by atoms with E-state index in [2.05, 4.69) is 46.5 Å². The van der Waals surface area contributed by atoms with Gasteiger partial charge in [0.1, 0.15) is 0 Å². The molecule has 0 spiro atoms. The first-order valence-electron chi connectivity index (χ1n) is 6.83. The number of aromatic nitrogens is 2. The number of nitrogens with zero attached hydrogens (tertiary/aromatic N) is 2. The molecular weight excluding hydrogens is 266 g/mol. The van der Waals surface area contributed by atoms with Gasteiger partial charge in [0.25, 0.3) is 0 Å². The highest BCUT2D eigenvalue weighted by Gasteiger charge is 2.15. The normalized spacial score (nSPS) is 12.7. The third kappa shape index (κ3) is 2.71. The molecule has 0 aliphatic heterocycles. The lowest BCUT2D eigenvalue weighted by Crippen LogP contribution is -2.23. The maximum Gasteiger partial charge on any atom is 0.0794 e. The fourth-order valence-corrected chi connectivity index (χ4v) is 3.16. The second-order valence-corrected chi connectivity index (χ2v) is 5.67. The van der Waals surface area contributed by atoms with Crippen molar-refractivity contribution in [3.8, 4) is 0 Å².